The summed E-state index contributed by atoms with van der Waals surface area (Å²) in [5.74, 6) is -1.25. The molecule has 1 aromatic rings. The van der Waals surface area contributed by atoms with E-state index in [0.29, 0.717) is 23.7 Å². The van der Waals surface area contributed by atoms with Crippen LogP contribution in [-0.4, -0.2) is 44.9 Å². The Bertz CT molecular complexity index is 677. The molecule has 0 atom stereocenters. The van der Waals surface area contributed by atoms with Crippen LogP contribution in [0.1, 0.15) is 12.5 Å². The normalized spacial score (nSPS) is 11.3. The third kappa shape index (κ3) is 7.64. The third-order valence-electron chi connectivity index (χ3n) is 2.78. The lowest BCUT2D eigenvalue weighted by Gasteiger charge is -2.11. The highest BCUT2D eigenvalue weighted by Gasteiger charge is 2.27. The molecule has 6 nitrogen and oxygen atoms in total. The van der Waals surface area contributed by atoms with Crippen LogP contribution in [0.3, 0.4) is 0 Å². The number of carbonyl (C=O) groups is 2. The SMILES string of the molecule is CCOc1c(Cl)cc(/C=C/C(=O)OCC(=O)NCC(F)(F)F)cc1OC. The first kappa shape index (κ1) is 21.6. The highest BCUT2D eigenvalue weighted by atomic mass is 35.5. The van der Waals surface area contributed by atoms with Crippen LogP contribution < -0.4 is 14.8 Å². The molecule has 1 aromatic carbocycles. The van der Waals surface area contributed by atoms with Gasteiger partial charge in [0.1, 0.15) is 6.54 Å². The van der Waals surface area contributed by atoms with E-state index in [9.17, 15) is 22.8 Å². The van der Waals surface area contributed by atoms with E-state index in [0.717, 1.165) is 6.08 Å². The number of nitrogens with one attached hydrogen (secondary N) is 1. The van der Waals surface area contributed by atoms with Crippen LogP contribution in [0.25, 0.3) is 6.08 Å². The number of hydrogen-bond acceptors (Lipinski definition) is 5. The molecule has 0 aliphatic rings. The van der Waals surface area contributed by atoms with Crippen LogP contribution in [-0.2, 0) is 14.3 Å². The smallest absolute Gasteiger partial charge is 0.405 e. The average molecular weight is 396 g/mol. The second-order valence-electron chi connectivity index (χ2n) is 4.80. The molecule has 144 valence electrons. The van der Waals surface area contributed by atoms with E-state index in [1.165, 1.54) is 19.3 Å². The fraction of sp³-hybridized carbons (Fsp3) is 0.375. The van der Waals surface area contributed by atoms with Gasteiger partial charge in [0, 0.05) is 6.08 Å². The average Bonchev–Trinajstić information content (AvgIpc) is 2.57. The summed E-state index contributed by atoms with van der Waals surface area (Å²) >= 11 is 6.08. The van der Waals surface area contributed by atoms with Crippen LogP contribution in [0.4, 0.5) is 13.2 Å². The molecule has 0 fully saturated rings. The predicted molar refractivity (Wildman–Crippen MR) is 88.2 cm³/mol. The second kappa shape index (κ2) is 9.91. The van der Waals surface area contributed by atoms with E-state index in [4.69, 9.17) is 21.1 Å². The molecule has 0 saturated carbocycles. The van der Waals surface area contributed by atoms with Crippen LogP contribution in [0.15, 0.2) is 18.2 Å². The molecule has 0 bridgehead atoms. The van der Waals surface area contributed by atoms with Crippen molar-refractivity contribution in [3.05, 3.63) is 28.8 Å². The maximum absolute atomic E-state index is 11.9. The Kier molecular flexibility index (Phi) is 8.24. The quantitative estimate of drug-likeness (QED) is 0.541. The Balaban J connectivity index is 2.63. The number of rotatable bonds is 8. The molecule has 0 aliphatic heterocycles. The van der Waals surface area contributed by atoms with Gasteiger partial charge in [0.25, 0.3) is 5.91 Å². The van der Waals surface area contributed by atoms with E-state index in [2.05, 4.69) is 4.74 Å². The Morgan fingerprint density at radius 2 is 2.00 bits per heavy atom. The van der Waals surface area contributed by atoms with Crippen LogP contribution >= 0.6 is 11.6 Å². The third-order valence-corrected chi connectivity index (χ3v) is 3.06. The predicted octanol–water partition coefficient (Wildman–Crippen LogP) is 2.98. The van der Waals surface area contributed by atoms with Crippen molar-refractivity contribution in [2.24, 2.45) is 0 Å². The zero-order valence-electron chi connectivity index (χ0n) is 14.0. The highest BCUT2D eigenvalue weighted by Crippen LogP contribution is 2.36. The molecule has 10 heteroatoms. The summed E-state index contributed by atoms with van der Waals surface area (Å²) in [5.41, 5.74) is 0.494. The molecule has 1 amide bonds. The van der Waals surface area contributed by atoms with Gasteiger partial charge in [-0.25, -0.2) is 4.79 Å². The van der Waals surface area contributed by atoms with Crippen molar-refractivity contribution in [3.8, 4) is 11.5 Å². The lowest BCUT2D eigenvalue weighted by atomic mass is 10.2. The Labute approximate surface area is 152 Å². The van der Waals surface area contributed by atoms with Crippen LogP contribution in [0.5, 0.6) is 11.5 Å². The molecule has 0 unspecified atom stereocenters. The molecule has 0 aromatic heterocycles. The summed E-state index contributed by atoms with van der Waals surface area (Å²) in [6.45, 7) is -0.158. The topological polar surface area (TPSA) is 73.9 Å². The lowest BCUT2D eigenvalue weighted by Crippen LogP contribution is -2.36. The number of hydrogen-bond donors (Lipinski definition) is 1. The van der Waals surface area contributed by atoms with E-state index in [1.54, 1.807) is 18.3 Å². The fourth-order valence-electron chi connectivity index (χ4n) is 1.72. The Morgan fingerprint density at radius 1 is 1.31 bits per heavy atom. The van der Waals surface area contributed by atoms with E-state index in [-0.39, 0.29) is 5.02 Å². The van der Waals surface area contributed by atoms with E-state index < -0.39 is 31.2 Å². The zero-order chi connectivity index (χ0) is 19.7. The number of esters is 1. The minimum Gasteiger partial charge on any atom is -0.493 e. The highest BCUT2D eigenvalue weighted by molar-refractivity contribution is 6.32. The number of halogens is 4. The van der Waals surface area contributed by atoms with Crippen LogP contribution in [0, 0.1) is 0 Å². The maximum atomic E-state index is 11.9. The molecule has 26 heavy (non-hydrogen) atoms. The first-order valence-electron chi connectivity index (χ1n) is 7.35. The summed E-state index contributed by atoms with van der Waals surface area (Å²) < 4.78 is 50.8. The fourth-order valence-corrected chi connectivity index (χ4v) is 1.99. The Morgan fingerprint density at radius 3 is 2.58 bits per heavy atom. The van der Waals surface area contributed by atoms with Crippen molar-refractivity contribution in [1.29, 1.82) is 0 Å². The van der Waals surface area contributed by atoms with Gasteiger partial charge in [-0.05, 0) is 30.7 Å². The van der Waals surface area contributed by atoms with Gasteiger partial charge in [-0.1, -0.05) is 11.6 Å². The van der Waals surface area contributed by atoms with Crippen molar-refractivity contribution in [3.63, 3.8) is 0 Å². The lowest BCUT2D eigenvalue weighted by molar-refractivity contribution is -0.148. The molecule has 1 N–H and O–H groups in total. The first-order valence-corrected chi connectivity index (χ1v) is 7.72. The van der Waals surface area contributed by atoms with Crippen molar-refractivity contribution in [2.75, 3.05) is 26.9 Å². The second-order valence-corrected chi connectivity index (χ2v) is 5.21. The monoisotopic (exact) mass is 395 g/mol. The van der Waals surface area contributed by atoms with Crippen molar-refractivity contribution in [1.82, 2.24) is 5.32 Å². The molecule has 1 rings (SSSR count). The largest absolute Gasteiger partial charge is 0.493 e. The summed E-state index contributed by atoms with van der Waals surface area (Å²) in [7, 11) is 1.43. The minimum atomic E-state index is -4.54. The maximum Gasteiger partial charge on any atom is 0.405 e. The van der Waals surface area contributed by atoms with Crippen molar-refractivity contribution in [2.45, 2.75) is 13.1 Å². The van der Waals surface area contributed by atoms with E-state index in [1.807, 2.05) is 0 Å². The summed E-state index contributed by atoms with van der Waals surface area (Å²) in [6.07, 6.45) is -2.19. The molecule has 0 spiro atoms. The van der Waals surface area contributed by atoms with Crippen molar-refractivity contribution >= 4 is 29.6 Å². The molecule has 0 saturated heterocycles. The van der Waals surface area contributed by atoms with Gasteiger partial charge in [0.15, 0.2) is 18.1 Å². The molecular weight excluding hydrogens is 379 g/mol. The molecule has 0 radical (unpaired) electrons. The Hall–Kier alpha value is -2.42. The van der Waals surface area contributed by atoms with Crippen LogP contribution in [0.2, 0.25) is 5.02 Å². The number of alkyl halides is 3. The number of ether oxygens (including phenoxy) is 3. The van der Waals surface area contributed by atoms with Crippen molar-refractivity contribution < 1.29 is 37.0 Å². The minimum absolute atomic E-state index is 0.269. The number of benzene rings is 1. The van der Waals surface area contributed by atoms with Gasteiger partial charge < -0.3 is 19.5 Å². The zero-order valence-corrected chi connectivity index (χ0v) is 14.7. The summed E-state index contributed by atoms with van der Waals surface area (Å²) in [6, 6.07) is 3.09. The number of amides is 1. The van der Waals surface area contributed by atoms with Gasteiger partial charge in [-0.2, -0.15) is 13.2 Å². The van der Waals surface area contributed by atoms with Gasteiger partial charge in [-0.3, -0.25) is 4.79 Å². The van der Waals surface area contributed by atoms with Gasteiger partial charge in [0.05, 0.1) is 18.7 Å². The first-order chi connectivity index (χ1) is 12.2. The summed E-state index contributed by atoms with van der Waals surface area (Å²) in [4.78, 5) is 22.7. The van der Waals surface area contributed by atoms with Gasteiger partial charge in [-0.15, -0.1) is 0 Å². The van der Waals surface area contributed by atoms with E-state index >= 15 is 0 Å². The van der Waals surface area contributed by atoms with Gasteiger partial charge >= 0.3 is 12.1 Å². The van der Waals surface area contributed by atoms with Gasteiger partial charge in [0.2, 0.25) is 0 Å². The molecular formula is C16H17ClF3NO5. The molecule has 0 heterocycles. The number of carbonyl (C=O) groups excluding carboxylic acids is 2. The number of methoxy groups -OCH3 is 1. The molecule has 0 aliphatic carbocycles. The summed E-state index contributed by atoms with van der Waals surface area (Å²) in [5, 5.41) is 1.85. The standard InChI is InChI=1S/C16H17ClF3NO5/c1-3-25-15-11(17)6-10(7-12(15)24-2)4-5-14(23)26-8-13(22)21-9-16(18,19)20/h4-7H,3,8-9H2,1-2H3,(H,21,22)/b5-4+.